The highest BCUT2D eigenvalue weighted by Gasteiger charge is 2.27. The molecular weight excluding hydrogens is 302 g/mol. The number of phenols is 1. The van der Waals surface area contributed by atoms with Gasteiger partial charge in [0.15, 0.2) is 0 Å². The van der Waals surface area contributed by atoms with Gasteiger partial charge in [0.1, 0.15) is 12.3 Å². The van der Waals surface area contributed by atoms with Crippen LogP contribution in [0.5, 0.6) is 5.75 Å². The van der Waals surface area contributed by atoms with E-state index < -0.39 is 17.8 Å². The van der Waals surface area contributed by atoms with Gasteiger partial charge in [-0.25, -0.2) is 0 Å². The zero-order chi connectivity index (χ0) is 16.8. The van der Waals surface area contributed by atoms with Crippen molar-refractivity contribution >= 4 is 23.5 Å². The lowest BCUT2D eigenvalue weighted by molar-refractivity contribution is -0.147. The second-order valence-corrected chi connectivity index (χ2v) is 5.03. The summed E-state index contributed by atoms with van der Waals surface area (Å²) in [5.74, 6) is -1.93. The highest BCUT2D eigenvalue weighted by Crippen LogP contribution is 2.27. The molecule has 1 fully saturated rings. The number of carbonyl (C=O) groups excluding carboxylic acids is 3. The summed E-state index contributed by atoms with van der Waals surface area (Å²) in [6.07, 6.45) is 0. The summed E-state index contributed by atoms with van der Waals surface area (Å²) in [6.45, 7) is 1.40. The summed E-state index contributed by atoms with van der Waals surface area (Å²) in [5, 5.41) is 12.1. The van der Waals surface area contributed by atoms with Crippen LogP contribution in [-0.4, -0.2) is 67.6 Å². The van der Waals surface area contributed by atoms with E-state index in [1.165, 1.54) is 12.0 Å². The lowest BCUT2D eigenvalue weighted by Crippen LogP contribution is -2.53. The summed E-state index contributed by atoms with van der Waals surface area (Å²) in [4.78, 5) is 38.0. The zero-order valence-corrected chi connectivity index (χ0v) is 12.8. The molecule has 0 saturated carbocycles. The van der Waals surface area contributed by atoms with Gasteiger partial charge >= 0.3 is 17.8 Å². The Morgan fingerprint density at radius 3 is 2.43 bits per heavy atom. The molecule has 124 valence electrons. The Morgan fingerprint density at radius 2 is 1.83 bits per heavy atom. The Morgan fingerprint density at radius 1 is 1.17 bits per heavy atom. The number of esters is 1. The van der Waals surface area contributed by atoms with Crippen molar-refractivity contribution < 1.29 is 24.2 Å². The van der Waals surface area contributed by atoms with Crippen LogP contribution in [0.2, 0.25) is 0 Å². The van der Waals surface area contributed by atoms with Gasteiger partial charge in [-0.1, -0.05) is 12.1 Å². The van der Waals surface area contributed by atoms with Crippen LogP contribution in [0, 0.1) is 0 Å². The first-order valence-corrected chi connectivity index (χ1v) is 7.19. The van der Waals surface area contributed by atoms with Crippen molar-refractivity contribution in [3.8, 4) is 5.75 Å². The number of phenolic OH excluding ortho intramolecular Hbond substituents is 1. The average molecular weight is 321 g/mol. The monoisotopic (exact) mass is 321 g/mol. The van der Waals surface area contributed by atoms with E-state index in [0.29, 0.717) is 31.9 Å². The first-order chi connectivity index (χ1) is 11.0. The summed E-state index contributed by atoms with van der Waals surface area (Å²) >= 11 is 0. The summed E-state index contributed by atoms with van der Waals surface area (Å²) in [6, 6.07) is 6.97. The van der Waals surface area contributed by atoms with Gasteiger partial charge in [0.2, 0.25) is 0 Å². The second kappa shape index (κ2) is 7.48. The largest absolute Gasteiger partial charge is 0.506 e. The van der Waals surface area contributed by atoms with Gasteiger partial charge in [0, 0.05) is 26.2 Å². The van der Waals surface area contributed by atoms with Crippen LogP contribution < -0.4 is 10.2 Å². The Hall–Kier alpha value is -2.77. The third kappa shape index (κ3) is 4.12. The van der Waals surface area contributed by atoms with Gasteiger partial charge in [0.05, 0.1) is 12.8 Å². The summed E-state index contributed by atoms with van der Waals surface area (Å²) in [5.41, 5.74) is 0.703. The molecule has 0 unspecified atom stereocenters. The zero-order valence-electron chi connectivity index (χ0n) is 12.8. The Labute approximate surface area is 133 Å². The summed E-state index contributed by atoms with van der Waals surface area (Å²) < 4.78 is 4.39. The van der Waals surface area contributed by atoms with Crippen molar-refractivity contribution in [1.29, 1.82) is 0 Å². The minimum Gasteiger partial charge on any atom is -0.506 e. The number of amides is 2. The number of piperazine rings is 1. The van der Waals surface area contributed by atoms with E-state index in [1.807, 2.05) is 11.0 Å². The van der Waals surface area contributed by atoms with Gasteiger partial charge in [0.25, 0.3) is 0 Å². The highest BCUT2D eigenvalue weighted by molar-refractivity contribution is 6.35. The van der Waals surface area contributed by atoms with E-state index in [-0.39, 0.29) is 12.3 Å². The SMILES string of the molecule is COC(=O)CNC(=O)C(=O)N1CCN(c2ccccc2O)CC1. The van der Waals surface area contributed by atoms with Crippen LogP contribution in [0.15, 0.2) is 24.3 Å². The standard InChI is InChI=1S/C15H19N3O5/c1-23-13(20)10-16-14(21)15(22)18-8-6-17(7-9-18)11-4-2-3-5-12(11)19/h2-5,19H,6-10H2,1H3,(H,16,21). The first kappa shape index (κ1) is 16.6. The van der Waals surface area contributed by atoms with E-state index in [4.69, 9.17) is 0 Å². The van der Waals surface area contributed by atoms with Gasteiger partial charge in [-0.05, 0) is 12.1 Å². The number of anilines is 1. The van der Waals surface area contributed by atoms with Crippen LogP contribution >= 0.6 is 0 Å². The summed E-state index contributed by atoms with van der Waals surface area (Å²) in [7, 11) is 1.20. The van der Waals surface area contributed by atoms with Crippen molar-refractivity contribution in [3.05, 3.63) is 24.3 Å². The molecule has 1 saturated heterocycles. The van der Waals surface area contributed by atoms with Crippen LogP contribution in [0.1, 0.15) is 0 Å². The molecule has 2 amide bonds. The van der Waals surface area contributed by atoms with Crippen molar-refractivity contribution in [2.45, 2.75) is 0 Å². The molecule has 23 heavy (non-hydrogen) atoms. The minimum atomic E-state index is -0.827. The third-order valence-corrected chi connectivity index (χ3v) is 3.60. The van der Waals surface area contributed by atoms with Crippen LogP contribution in [0.25, 0.3) is 0 Å². The number of rotatable bonds is 3. The smallest absolute Gasteiger partial charge is 0.325 e. The number of aromatic hydroxyl groups is 1. The predicted octanol–water partition coefficient (Wildman–Crippen LogP) is -0.670. The molecule has 1 aromatic rings. The number of nitrogens with zero attached hydrogens (tertiary/aromatic N) is 2. The van der Waals surface area contributed by atoms with E-state index in [0.717, 1.165) is 0 Å². The molecule has 2 rings (SSSR count). The van der Waals surface area contributed by atoms with Gasteiger partial charge < -0.3 is 25.0 Å². The third-order valence-electron chi connectivity index (χ3n) is 3.60. The molecule has 1 heterocycles. The fraction of sp³-hybridized carbons (Fsp3) is 0.400. The molecule has 1 aliphatic heterocycles. The number of carbonyl (C=O) groups is 3. The molecule has 8 nitrogen and oxygen atoms in total. The Kier molecular flexibility index (Phi) is 5.40. The molecule has 2 N–H and O–H groups in total. The maximum atomic E-state index is 12.0. The fourth-order valence-electron chi connectivity index (χ4n) is 2.33. The molecule has 0 aromatic heterocycles. The van der Waals surface area contributed by atoms with E-state index in [9.17, 15) is 19.5 Å². The molecule has 0 aliphatic carbocycles. The molecule has 8 heteroatoms. The second-order valence-electron chi connectivity index (χ2n) is 5.03. The topological polar surface area (TPSA) is 99.2 Å². The maximum Gasteiger partial charge on any atom is 0.325 e. The number of nitrogens with one attached hydrogen (secondary N) is 1. The number of para-hydroxylation sites is 2. The van der Waals surface area contributed by atoms with Gasteiger partial charge in [-0.3, -0.25) is 14.4 Å². The van der Waals surface area contributed by atoms with E-state index in [2.05, 4.69) is 10.1 Å². The fourth-order valence-corrected chi connectivity index (χ4v) is 2.33. The molecule has 0 spiro atoms. The molecule has 0 atom stereocenters. The van der Waals surface area contributed by atoms with Gasteiger partial charge in [-0.15, -0.1) is 0 Å². The predicted molar refractivity (Wildman–Crippen MR) is 81.9 cm³/mol. The van der Waals surface area contributed by atoms with E-state index in [1.54, 1.807) is 18.2 Å². The number of benzene rings is 1. The molecule has 1 aromatic carbocycles. The van der Waals surface area contributed by atoms with Crippen molar-refractivity contribution in [2.75, 3.05) is 44.7 Å². The van der Waals surface area contributed by atoms with Crippen molar-refractivity contribution in [1.82, 2.24) is 10.2 Å². The number of ether oxygens (including phenoxy) is 1. The van der Waals surface area contributed by atoms with Crippen LogP contribution in [-0.2, 0) is 19.1 Å². The average Bonchev–Trinajstić information content (AvgIpc) is 2.59. The van der Waals surface area contributed by atoms with Crippen LogP contribution in [0.3, 0.4) is 0 Å². The first-order valence-electron chi connectivity index (χ1n) is 7.19. The van der Waals surface area contributed by atoms with Crippen molar-refractivity contribution in [3.63, 3.8) is 0 Å². The molecule has 0 bridgehead atoms. The van der Waals surface area contributed by atoms with Gasteiger partial charge in [-0.2, -0.15) is 0 Å². The maximum absolute atomic E-state index is 12.0. The lowest BCUT2D eigenvalue weighted by Gasteiger charge is -2.35. The Balaban J connectivity index is 1.86. The quantitative estimate of drug-likeness (QED) is 0.566. The number of methoxy groups -OCH3 is 1. The van der Waals surface area contributed by atoms with E-state index >= 15 is 0 Å². The number of hydrogen-bond donors (Lipinski definition) is 2. The van der Waals surface area contributed by atoms with Crippen LogP contribution in [0.4, 0.5) is 5.69 Å². The Bertz CT molecular complexity index is 597. The molecular formula is C15H19N3O5. The van der Waals surface area contributed by atoms with Crippen molar-refractivity contribution in [2.24, 2.45) is 0 Å². The molecule has 1 aliphatic rings. The molecule has 0 radical (unpaired) electrons. The normalized spacial score (nSPS) is 14.3. The highest BCUT2D eigenvalue weighted by atomic mass is 16.5. The lowest BCUT2D eigenvalue weighted by atomic mass is 10.2. The minimum absolute atomic E-state index is 0.183. The number of hydrogen-bond acceptors (Lipinski definition) is 6.